The number of carbonyl (C=O) groups excluding carboxylic acids is 1. The van der Waals surface area contributed by atoms with E-state index in [0.29, 0.717) is 6.54 Å². The predicted octanol–water partition coefficient (Wildman–Crippen LogP) is 4.54. The van der Waals surface area contributed by atoms with Gasteiger partial charge in [0.25, 0.3) is 0 Å². The highest BCUT2D eigenvalue weighted by atomic mass is 32.1. The zero-order chi connectivity index (χ0) is 12.6. The maximum Gasteiger partial charge on any atom is 0.234 e. The summed E-state index contributed by atoms with van der Waals surface area (Å²) in [6.45, 7) is 0.661. The molecular weight excluding hydrogens is 230 g/mol. The molecule has 17 heavy (non-hydrogen) atoms. The van der Waals surface area contributed by atoms with Crippen molar-refractivity contribution in [3.8, 4) is 0 Å². The van der Waals surface area contributed by atoms with Crippen molar-refractivity contribution >= 4 is 18.7 Å². The molecule has 0 aliphatic rings. The van der Waals surface area contributed by atoms with Gasteiger partial charge in [0.15, 0.2) is 0 Å². The molecule has 2 nitrogen and oxygen atoms in total. The number of nitrogens with zero attached hydrogens (tertiary/aromatic N) is 1. The zero-order valence-corrected chi connectivity index (χ0v) is 11.9. The molecule has 0 atom stereocenters. The summed E-state index contributed by atoms with van der Waals surface area (Å²) >= 11 is 4.20. The number of unbranched alkanes of at least 4 members (excludes halogenated alkanes) is 10. The van der Waals surface area contributed by atoms with Crippen LogP contribution in [0, 0.1) is 0 Å². The van der Waals surface area contributed by atoms with Gasteiger partial charge < -0.3 is 0 Å². The highest BCUT2D eigenvalue weighted by molar-refractivity contribution is 7.80. The molecule has 100 valence electrons. The van der Waals surface area contributed by atoms with Crippen molar-refractivity contribution in [1.82, 2.24) is 0 Å². The lowest BCUT2D eigenvalue weighted by Crippen LogP contribution is -1.84. The standard InChI is InChI=1S/C14H27NOS/c16-14-15-12-10-8-6-4-2-1-3-5-7-9-11-13-17/h17H,1-13H2. The van der Waals surface area contributed by atoms with Gasteiger partial charge in [-0.3, -0.25) is 0 Å². The third-order valence-electron chi connectivity index (χ3n) is 2.99. The second-order valence-electron chi connectivity index (χ2n) is 4.59. The van der Waals surface area contributed by atoms with Crippen LogP contribution < -0.4 is 0 Å². The van der Waals surface area contributed by atoms with Crippen LogP contribution in [0.5, 0.6) is 0 Å². The molecule has 0 unspecified atom stereocenters. The van der Waals surface area contributed by atoms with Gasteiger partial charge >= 0.3 is 0 Å². The zero-order valence-electron chi connectivity index (χ0n) is 11.0. The molecule has 0 aromatic heterocycles. The van der Waals surface area contributed by atoms with E-state index in [4.69, 9.17) is 0 Å². The fourth-order valence-corrected chi connectivity index (χ4v) is 2.16. The Hall–Kier alpha value is -0.270. The van der Waals surface area contributed by atoms with Crippen molar-refractivity contribution in [1.29, 1.82) is 0 Å². The third kappa shape index (κ3) is 15.7. The fourth-order valence-electron chi connectivity index (χ4n) is 1.94. The Morgan fingerprint density at radius 1 is 0.706 bits per heavy atom. The van der Waals surface area contributed by atoms with Crippen molar-refractivity contribution in [2.45, 2.75) is 70.6 Å². The second kappa shape index (κ2) is 15.7. The first kappa shape index (κ1) is 16.7. The third-order valence-corrected chi connectivity index (χ3v) is 3.31. The van der Waals surface area contributed by atoms with Gasteiger partial charge in [0.1, 0.15) is 0 Å². The molecular formula is C14H27NOS. The van der Waals surface area contributed by atoms with Crippen LogP contribution in [0.2, 0.25) is 0 Å². The van der Waals surface area contributed by atoms with E-state index in [0.717, 1.165) is 12.2 Å². The summed E-state index contributed by atoms with van der Waals surface area (Å²) in [5.41, 5.74) is 0. The number of hydrogen-bond donors (Lipinski definition) is 1. The molecule has 0 radical (unpaired) electrons. The Balaban J connectivity index is 2.91. The smallest absolute Gasteiger partial charge is 0.211 e. The van der Waals surface area contributed by atoms with E-state index in [1.54, 1.807) is 6.08 Å². The molecule has 0 bridgehead atoms. The number of hydrogen-bond acceptors (Lipinski definition) is 3. The van der Waals surface area contributed by atoms with Crippen LogP contribution in [0.25, 0.3) is 0 Å². The largest absolute Gasteiger partial charge is 0.234 e. The highest BCUT2D eigenvalue weighted by Gasteiger charge is 1.92. The topological polar surface area (TPSA) is 29.4 Å². The van der Waals surface area contributed by atoms with Crippen LogP contribution in [0.3, 0.4) is 0 Å². The molecule has 3 heteroatoms. The van der Waals surface area contributed by atoms with Gasteiger partial charge in [-0.25, -0.2) is 9.79 Å². The van der Waals surface area contributed by atoms with Gasteiger partial charge in [-0.1, -0.05) is 57.8 Å². The van der Waals surface area contributed by atoms with E-state index in [1.807, 2.05) is 0 Å². The van der Waals surface area contributed by atoms with Gasteiger partial charge in [0.05, 0.1) is 6.54 Å². The number of aliphatic imine (C=N–C) groups is 1. The maximum absolute atomic E-state index is 9.81. The second-order valence-corrected chi connectivity index (χ2v) is 5.03. The average Bonchev–Trinajstić information content (AvgIpc) is 2.35. The Labute approximate surface area is 112 Å². The number of thiol groups is 1. The molecule has 0 spiro atoms. The summed E-state index contributed by atoms with van der Waals surface area (Å²) in [6, 6.07) is 0. The first-order valence-corrected chi connectivity index (χ1v) is 7.69. The molecule has 0 aliphatic carbocycles. The number of rotatable bonds is 13. The Kier molecular flexibility index (Phi) is 15.5. The fraction of sp³-hybridized carbons (Fsp3) is 0.929. The molecule has 0 aliphatic heterocycles. The highest BCUT2D eigenvalue weighted by Crippen LogP contribution is 2.11. The van der Waals surface area contributed by atoms with E-state index >= 15 is 0 Å². The summed E-state index contributed by atoms with van der Waals surface area (Å²) in [5, 5.41) is 0. The first-order chi connectivity index (χ1) is 8.41. The minimum atomic E-state index is 0.661. The molecule has 0 saturated heterocycles. The summed E-state index contributed by atoms with van der Waals surface area (Å²) in [4.78, 5) is 13.4. The van der Waals surface area contributed by atoms with Gasteiger partial charge in [-0.15, -0.1) is 0 Å². The first-order valence-electron chi connectivity index (χ1n) is 7.06. The van der Waals surface area contributed by atoms with E-state index in [-0.39, 0.29) is 0 Å². The quantitative estimate of drug-likeness (QED) is 0.223. The van der Waals surface area contributed by atoms with Gasteiger partial charge in [-0.2, -0.15) is 12.6 Å². The lowest BCUT2D eigenvalue weighted by atomic mass is 10.1. The van der Waals surface area contributed by atoms with Crippen LogP contribution in [-0.2, 0) is 4.79 Å². The number of isocyanates is 1. The molecule has 0 heterocycles. The van der Waals surface area contributed by atoms with Crippen molar-refractivity contribution < 1.29 is 4.79 Å². The minimum absolute atomic E-state index is 0.661. The monoisotopic (exact) mass is 257 g/mol. The molecule has 0 fully saturated rings. The molecule has 0 aromatic carbocycles. The van der Waals surface area contributed by atoms with Crippen molar-refractivity contribution in [2.75, 3.05) is 12.3 Å². The van der Waals surface area contributed by atoms with Crippen LogP contribution >= 0.6 is 12.6 Å². The molecule has 0 rings (SSSR count). The molecule has 0 saturated carbocycles. The van der Waals surface area contributed by atoms with Gasteiger partial charge in [0, 0.05) is 0 Å². The Morgan fingerprint density at radius 3 is 1.53 bits per heavy atom. The van der Waals surface area contributed by atoms with Crippen molar-refractivity contribution in [3.05, 3.63) is 0 Å². The van der Waals surface area contributed by atoms with Gasteiger partial charge in [0.2, 0.25) is 6.08 Å². The van der Waals surface area contributed by atoms with E-state index in [9.17, 15) is 4.79 Å². The summed E-state index contributed by atoms with van der Waals surface area (Å²) < 4.78 is 0. The predicted molar refractivity (Wildman–Crippen MR) is 77.6 cm³/mol. The van der Waals surface area contributed by atoms with Crippen LogP contribution in [0.1, 0.15) is 70.6 Å². The Morgan fingerprint density at radius 2 is 1.12 bits per heavy atom. The lowest BCUT2D eigenvalue weighted by molar-refractivity contribution is 0.548. The van der Waals surface area contributed by atoms with Crippen LogP contribution in [0.4, 0.5) is 0 Å². The van der Waals surface area contributed by atoms with Crippen molar-refractivity contribution in [3.63, 3.8) is 0 Å². The van der Waals surface area contributed by atoms with Gasteiger partial charge in [-0.05, 0) is 18.6 Å². The lowest BCUT2D eigenvalue weighted by Gasteiger charge is -2.01. The van der Waals surface area contributed by atoms with E-state index in [2.05, 4.69) is 17.6 Å². The minimum Gasteiger partial charge on any atom is -0.211 e. The maximum atomic E-state index is 9.81. The summed E-state index contributed by atoms with van der Waals surface area (Å²) in [5.74, 6) is 1.04. The van der Waals surface area contributed by atoms with Crippen LogP contribution in [-0.4, -0.2) is 18.4 Å². The molecule has 0 N–H and O–H groups in total. The normalized spacial score (nSPS) is 10.2. The van der Waals surface area contributed by atoms with E-state index in [1.165, 1.54) is 64.2 Å². The summed E-state index contributed by atoms with van der Waals surface area (Å²) in [7, 11) is 0. The Bertz CT molecular complexity index is 191. The molecule has 0 amide bonds. The van der Waals surface area contributed by atoms with Crippen molar-refractivity contribution in [2.24, 2.45) is 4.99 Å². The SMILES string of the molecule is O=C=NCCCCCCCCCCCCCS. The molecule has 0 aromatic rings. The average molecular weight is 257 g/mol. The van der Waals surface area contributed by atoms with Crippen LogP contribution in [0.15, 0.2) is 4.99 Å². The van der Waals surface area contributed by atoms with E-state index < -0.39 is 0 Å². The summed E-state index contributed by atoms with van der Waals surface area (Å²) in [6.07, 6.45) is 16.0.